The van der Waals surface area contributed by atoms with Crippen LogP contribution in [-0.2, 0) is 4.79 Å². The molecule has 0 unspecified atom stereocenters. The number of hydrogen-bond acceptors (Lipinski definition) is 6. The van der Waals surface area contributed by atoms with Crippen LogP contribution in [0.4, 0.5) is 5.13 Å². The molecule has 1 N–H and O–H groups in total. The molecular weight excluding hydrogens is 424 g/mol. The molecule has 0 fully saturated rings. The van der Waals surface area contributed by atoms with Gasteiger partial charge in [0.25, 0.3) is 0 Å². The number of halogens is 1. The minimum Gasteiger partial charge on any atom is -0.302 e. The summed E-state index contributed by atoms with van der Waals surface area (Å²) in [4.78, 5) is 21.3. The van der Waals surface area contributed by atoms with Gasteiger partial charge in [0.05, 0.1) is 11.3 Å². The number of anilines is 1. The Morgan fingerprint density at radius 1 is 1.28 bits per heavy atom. The predicted molar refractivity (Wildman–Crippen MR) is 120 cm³/mol. The van der Waals surface area contributed by atoms with Crippen LogP contribution in [0.1, 0.15) is 37.4 Å². The SMILES string of the molecule is CC(C)c1ccc(C#N)c(SCCC(=O)Nc2nc(-c3ccccc3Cl)cs2)n1. The Labute approximate surface area is 183 Å². The van der Waals surface area contributed by atoms with E-state index in [0.29, 0.717) is 32.9 Å². The van der Waals surface area contributed by atoms with Crippen LogP contribution in [0.3, 0.4) is 0 Å². The lowest BCUT2D eigenvalue weighted by molar-refractivity contribution is -0.115. The molecule has 0 saturated carbocycles. The summed E-state index contributed by atoms with van der Waals surface area (Å²) in [6.07, 6.45) is 0.296. The summed E-state index contributed by atoms with van der Waals surface area (Å²) >= 11 is 8.98. The summed E-state index contributed by atoms with van der Waals surface area (Å²) in [5, 5.41) is 15.8. The third-order valence-electron chi connectivity index (χ3n) is 4.06. The van der Waals surface area contributed by atoms with Gasteiger partial charge in [0, 0.05) is 33.8 Å². The molecule has 2 aromatic heterocycles. The number of rotatable bonds is 7. The highest BCUT2D eigenvalue weighted by Crippen LogP contribution is 2.30. The zero-order valence-electron chi connectivity index (χ0n) is 16.0. The van der Waals surface area contributed by atoms with Crippen molar-refractivity contribution < 1.29 is 4.79 Å². The third kappa shape index (κ3) is 5.57. The van der Waals surface area contributed by atoms with Crippen molar-refractivity contribution in [1.29, 1.82) is 5.26 Å². The number of thiazole rings is 1. The number of benzene rings is 1. The Morgan fingerprint density at radius 2 is 2.07 bits per heavy atom. The maximum absolute atomic E-state index is 12.3. The fraction of sp³-hybridized carbons (Fsp3) is 0.238. The molecule has 0 bridgehead atoms. The van der Waals surface area contributed by atoms with E-state index >= 15 is 0 Å². The van der Waals surface area contributed by atoms with Gasteiger partial charge < -0.3 is 5.32 Å². The quantitative estimate of drug-likeness (QED) is 0.455. The first-order valence-electron chi connectivity index (χ1n) is 9.02. The lowest BCUT2D eigenvalue weighted by atomic mass is 10.1. The number of hydrogen-bond donors (Lipinski definition) is 1. The van der Waals surface area contributed by atoms with Gasteiger partial charge in [0.15, 0.2) is 5.13 Å². The maximum atomic E-state index is 12.3. The Hall–Kier alpha value is -2.40. The topological polar surface area (TPSA) is 78.7 Å². The molecule has 0 saturated heterocycles. The van der Waals surface area contributed by atoms with Crippen molar-refractivity contribution in [2.24, 2.45) is 0 Å². The Morgan fingerprint density at radius 3 is 2.79 bits per heavy atom. The van der Waals surface area contributed by atoms with Crippen molar-refractivity contribution in [3.8, 4) is 17.3 Å². The second-order valence-corrected chi connectivity index (χ2v) is 8.87. The number of pyridine rings is 1. The molecule has 0 spiro atoms. The smallest absolute Gasteiger partial charge is 0.226 e. The maximum Gasteiger partial charge on any atom is 0.226 e. The van der Waals surface area contributed by atoms with Gasteiger partial charge in [0.2, 0.25) is 5.91 Å². The molecule has 2 heterocycles. The normalized spacial score (nSPS) is 10.7. The molecule has 3 rings (SSSR count). The third-order valence-corrected chi connectivity index (χ3v) is 6.14. The fourth-order valence-electron chi connectivity index (χ4n) is 2.52. The van der Waals surface area contributed by atoms with E-state index < -0.39 is 0 Å². The van der Waals surface area contributed by atoms with Gasteiger partial charge in [-0.2, -0.15) is 5.26 Å². The molecule has 8 heteroatoms. The van der Waals surface area contributed by atoms with Gasteiger partial charge in [-0.15, -0.1) is 23.1 Å². The van der Waals surface area contributed by atoms with Gasteiger partial charge >= 0.3 is 0 Å². The Kier molecular flexibility index (Phi) is 7.26. The van der Waals surface area contributed by atoms with Crippen molar-refractivity contribution in [3.63, 3.8) is 0 Å². The largest absolute Gasteiger partial charge is 0.302 e. The van der Waals surface area contributed by atoms with Gasteiger partial charge in [-0.25, -0.2) is 9.97 Å². The fourth-order valence-corrected chi connectivity index (χ4v) is 4.40. The zero-order chi connectivity index (χ0) is 20.8. The highest BCUT2D eigenvalue weighted by atomic mass is 35.5. The molecule has 3 aromatic rings. The van der Waals surface area contributed by atoms with Crippen LogP contribution in [0.15, 0.2) is 46.8 Å². The average molecular weight is 443 g/mol. The predicted octanol–water partition coefficient (Wildman–Crippen LogP) is 5.97. The highest BCUT2D eigenvalue weighted by Gasteiger charge is 2.12. The van der Waals surface area contributed by atoms with E-state index in [0.717, 1.165) is 17.0 Å². The second-order valence-electron chi connectivity index (χ2n) is 6.52. The number of nitriles is 1. The summed E-state index contributed by atoms with van der Waals surface area (Å²) in [7, 11) is 0. The molecule has 1 amide bonds. The van der Waals surface area contributed by atoms with Gasteiger partial charge in [0.1, 0.15) is 11.1 Å². The summed E-state index contributed by atoms with van der Waals surface area (Å²) in [5.74, 6) is 0.677. The number of thioether (sulfide) groups is 1. The van der Waals surface area contributed by atoms with Crippen molar-refractivity contribution in [1.82, 2.24) is 9.97 Å². The second kappa shape index (κ2) is 9.88. The highest BCUT2D eigenvalue weighted by molar-refractivity contribution is 7.99. The van der Waals surface area contributed by atoms with E-state index in [9.17, 15) is 10.1 Å². The summed E-state index contributed by atoms with van der Waals surface area (Å²) in [5.41, 5.74) is 3.04. The van der Waals surface area contributed by atoms with Crippen LogP contribution in [0.5, 0.6) is 0 Å². The molecule has 0 aliphatic rings. The average Bonchev–Trinajstić information content (AvgIpc) is 3.16. The number of nitrogens with one attached hydrogen (secondary N) is 1. The van der Waals surface area contributed by atoms with Crippen LogP contribution in [-0.4, -0.2) is 21.6 Å². The lowest BCUT2D eigenvalue weighted by Crippen LogP contribution is -2.12. The minimum atomic E-state index is -0.129. The van der Waals surface area contributed by atoms with E-state index in [1.54, 1.807) is 6.07 Å². The summed E-state index contributed by atoms with van der Waals surface area (Å²) < 4.78 is 0. The molecule has 1 aromatic carbocycles. The zero-order valence-corrected chi connectivity index (χ0v) is 18.4. The van der Waals surface area contributed by atoms with Crippen LogP contribution >= 0.6 is 34.7 Å². The van der Waals surface area contributed by atoms with Gasteiger partial charge in [-0.1, -0.05) is 43.6 Å². The van der Waals surface area contributed by atoms with Gasteiger partial charge in [-0.05, 0) is 24.1 Å². The number of amides is 1. The van der Waals surface area contributed by atoms with Gasteiger partial charge in [-0.3, -0.25) is 4.79 Å². The molecule has 0 radical (unpaired) electrons. The van der Waals surface area contributed by atoms with Crippen molar-refractivity contribution in [2.75, 3.05) is 11.1 Å². The first-order valence-corrected chi connectivity index (χ1v) is 11.3. The summed E-state index contributed by atoms with van der Waals surface area (Å²) in [6, 6.07) is 13.3. The van der Waals surface area contributed by atoms with Crippen LogP contribution in [0, 0.1) is 11.3 Å². The molecule has 0 aliphatic carbocycles. The molecule has 0 aliphatic heterocycles. The number of carbonyl (C=O) groups excluding carboxylic acids is 1. The van der Waals surface area contributed by atoms with E-state index in [4.69, 9.17) is 11.6 Å². The van der Waals surface area contributed by atoms with Crippen LogP contribution in [0.25, 0.3) is 11.3 Å². The molecule has 29 heavy (non-hydrogen) atoms. The number of aromatic nitrogens is 2. The first kappa shape index (κ1) is 21.3. The number of nitrogens with zero attached hydrogens (tertiary/aromatic N) is 3. The molecular formula is C21H19ClN4OS2. The summed E-state index contributed by atoms with van der Waals surface area (Å²) in [6.45, 7) is 4.11. The Bertz CT molecular complexity index is 1060. The van der Waals surface area contributed by atoms with Crippen molar-refractivity contribution in [2.45, 2.75) is 31.2 Å². The van der Waals surface area contributed by atoms with E-state index in [1.807, 2.05) is 35.7 Å². The standard InChI is InChI=1S/C21H19ClN4OS2/c1-13(2)17-8-7-14(11-23)20(24-17)28-10-9-19(27)26-21-25-18(12-29-21)15-5-3-4-6-16(15)22/h3-8,12-13H,9-10H2,1-2H3,(H,25,26,27). The van der Waals surface area contributed by atoms with E-state index in [1.165, 1.54) is 23.1 Å². The Balaban J connectivity index is 1.57. The molecule has 5 nitrogen and oxygen atoms in total. The molecule has 148 valence electrons. The van der Waals surface area contributed by atoms with Crippen LogP contribution in [0.2, 0.25) is 5.02 Å². The minimum absolute atomic E-state index is 0.129. The van der Waals surface area contributed by atoms with Crippen LogP contribution < -0.4 is 5.32 Å². The van der Waals surface area contributed by atoms with E-state index in [2.05, 4.69) is 35.2 Å². The van der Waals surface area contributed by atoms with Crippen molar-refractivity contribution in [3.05, 3.63) is 58.1 Å². The monoisotopic (exact) mass is 442 g/mol. The van der Waals surface area contributed by atoms with E-state index in [-0.39, 0.29) is 11.8 Å². The lowest BCUT2D eigenvalue weighted by Gasteiger charge is -2.08. The van der Waals surface area contributed by atoms with Crippen molar-refractivity contribution >= 4 is 45.7 Å². The number of carbonyl (C=O) groups is 1. The first-order chi connectivity index (χ1) is 14.0. The molecule has 0 atom stereocenters.